The molecule has 39 valence electrons. The zero-order valence-corrected chi connectivity index (χ0v) is 4.75. The molecule has 0 saturated carbocycles. The molecule has 0 aromatic heterocycles. The molecule has 0 amide bonds. The molecule has 0 radical (unpaired) electrons. The summed E-state index contributed by atoms with van der Waals surface area (Å²) in [4.78, 5) is 0. The molecular formula is Mn2O4-. The van der Waals surface area contributed by atoms with E-state index in [0.29, 0.717) is 0 Å². The summed E-state index contributed by atoms with van der Waals surface area (Å²) in [5, 5.41) is 0. The van der Waals surface area contributed by atoms with Crippen LogP contribution in [-0.4, -0.2) is 0 Å². The first-order valence-corrected chi connectivity index (χ1v) is 3.18. The maximum absolute atomic E-state index is 9.26. The van der Waals surface area contributed by atoms with Crippen LogP contribution in [0.3, 0.4) is 0 Å². The molecule has 0 aliphatic carbocycles. The molecule has 0 aromatic rings. The predicted octanol–water partition coefficient (Wildman–Crippen LogP) is -1.50. The fraction of sp³-hybridized carbons (Fsp3) is 0. The van der Waals surface area contributed by atoms with Crippen molar-refractivity contribution in [2.45, 2.75) is 0 Å². The van der Waals surface area contributed by atoms with Crippen molar-refractivity contribution < 1.29 is 44.5 Å². The summed E-state index contributed by atoms with van der Waals surface area (Å²) in [7, 11) is 0. The van der Waals surface area contributed by atoms with Crippen molar-refractivity contribution >= 4 is 0 Å². The summed E-state index contributed by atoms with van der Waals surface area (Å²) >= 11 is -4.42. The molecule has 0 heterocycles. The van der Waals surface area contributed by atoms with Crippen LogP contribution in [0.4, 0.5) is 0 Å². The minimum absolute atomic E-state index is 1.21. The molecule has 0 bridgehead atoms. The summed E-state index contributed by atoms with van der Waals surface area (Å²) in [5.41, 5.74) is 0. The average Bonchev–Trinajstić information content (AvgIpc) is 1.35. The van der Waals surface area contributed by atoms with Crippen LogP contribution in [0.1, 0.15) is 0 Å². The van der Waals surface area contributed by atoms with Gasteiger partial charge in [0.05, 0.1) is 0 Å². The Labute approximate surface area is 44.9 Å². The van der Waals surface area contributed by atoms with Crippen molar-refractivity contribution in [3.05, 3.63) is 0 Å². The molecule has 0 aliphatic heterocycles. The van der Waals surface area contributed by atoms with Gasteiger partial charge < -0.3 is 0 Å². The fourth-order valence-electron chi connectivity index (χ4n) is 0.0194. The Morgan fingerprint density at radius 2 is 2.33 bits per heavy atom. The minimum atomic E-state index is -3.20. The second-order valence-electron chi connectivity index (χ2n) is 0.310. The first-order valence-electron chi connectivity index (χ1n) is 0.772. The topological polar surface area (TPSA) is 66.4 Å². The van der Waals surface area contributed by atoms with Crippen LogP contribution in [0.5, 0.6) is 0 Å². The molecule has 0 aromatic carbocycles. The molecule has 0 aliphatic rings. The van der Waals surface area contributed by atoms with Crippen LogP contribution in [0.25, 0.3) is 0 Å². The van der Waals surface area contributed by atoms with E-state index in [2.05, 4.69) is 2.90 Å². The van der Waals surface area contributed by atoms with Gasteiger partial charge in [0.1, 0.15) is 0 Å². The van der Waals surface area contributed by atoms with Gasteiger partial charge in [0, 0.05) is 0 Å². The van der Waals surface area contributed by atoms with E-state index in [0.717, 1.165) is 0 Å². The zero-order chi connectivity index (χ0) is 4.99. The summed E-state index contributed by atoms with van der Waals surface area (Å²) < 4.78 is 31.2. The summed E-state index contributed by atoms with van der Waals surface area (Å²) in [6, 6.07) is 0. The molecule has 4 nitrogen and oxygen atoms in total. The molecule has 0 rings (SSSR count). The number of hydrogen-bond acceptors (Lipinski definition) is 4. The third-order valence-corrected chi connectivity index (χ3v) is 1.21. The van der Waals surface area contributed by atoms with E-state index < -0.39 is 29.7 Å². The summed E-state index contributed by atoms with van der Waals surface area (Å²) in [5.74, 6) is 0. The summed E-state index contributed by atoms with van der Waals surface area (Å²) in [6.45, 7) is 0. The Balaban J connectivity index is 3.05. The molecule has 0 N–H and O–H groups in total. The fourth-order valence-corrected chi connectivity index (χ4v) is 0.330. The van der Waals surface area contributed by atoms with Crippen LogP contribution >= 0.6 is 0 Å². The molecule has 0 spiro atoms. The van der Waals surface area contributed by atoms with Crippen LogP contribution in [0.2, 0.25) is 0 Å². The van der Waals surface area contributed by atoms with Gasteiger partial charge in [0.2, 0.25) is 0 Å². The quantitative estimate of drug-likeness (QED) is 0.477. The van der Waals surface area contributed by atoms with E-state index in [-0.39, 0.29) is 0 Å². The van der Waals surface area contributed by atoms with Gasteiger partial charge in [-0.05, 0) is 0 Å². The molecule has 0 atom stereocenters. The van der Waals surface area contributed by atoms with Gasteiger partial charge in [0.15, 0.2) is 0 Å². The van der Waals surface area contributed by atoms with Crippen LogP contribution in [0.15, 0.2) is 0 Å². The average molecular weight is 174 g/mol. The third-order valence-electron chi connectivity index (χ3n) is 0.0714. The van der Waals surface area contributed by atoms with E-state index in [4.69, 9.17) is 0 Å². The Bertz CT molecular complexity index is 65.9. The van der Waals surface area contributed by atoms with E-state index in [1.807, 2.05) is 0 Å². The molecule has 0 saturated heterocycles. The van der Waals surface area contributed by atoms with Gasteiger partial charge in [-0.2, -0.15) is 0 Å². The standard InChI is InChI=1S/2Mn.4O/q;;;;;-1. The van der Waals surface area contributed by atoms with E-state index in [9.17, 15) is 11.9 Å². The Morgan fingerprint density at radius 1 is 1.83 bits per heavy atom. The molecule has 0 unspecified atom stereocenters. The molecular weight excluding hydrogens is 174 g/mol. The van der Waals surface area contributed by atoms with Gasteiger partial charge in [-0.1, -0.05) is 0 Å². The van der Waals surface area contributed by atoms with Crippen LogP contribution < -0.4 is 4.19 Å². The number of hydrogen-bond donors (Lipinski definition) is 0. The number of rotatable bonds is 2. The van der Waals surface area contributed by atoms with E-state index in [1.165, 1.54) is 0 Å². The Morgan fingerprint density at radius 3 is 2.33 bits per heavy atom. The molecule has 6 heteroatoms. The van der Waals surface area contributed by atoms with Gasteiger partial charge in [-0.25, -0.2) is 0 Å². The van der Waals surface area contributed by atoms with Crippen molar-refractivity contribution in [2.75, 3.05) is 0 Å². The molecule has 6 heavy (non-hydrogen) atoms. The van der Waals surface area contributed by atoms with Crippen molar-refractivity contribution in [2.24, 2.45) is 0 Å². The first kappa shape index (κ1) is 6.56. The van der Waals surface area contributed by atoms with Crippen molar-refractivity contribution in [3.63, 3.8) is 0 Å². The van der Waals surface area contributed by atoms with E-state index >= 15 is 0 Å². The van der Waals surface area contributed by atoms with Gasteiger partial charge in [-0.3, -0.25) is 0 Å². The van der Waals surface area contributed by atoms with Crippen molar-refractivity contribution in [3.8, 4) is 0 Å². The van der Waals surface area contributed by atoms with Crippen LogP contribution in [0, 0.1) is 0 Å². The van der Waals surface area contributed by atoms with Gasteiger partial charge in [0.25, 0.3) is 0 Å². The third kappa shape index (κ3) is 4.56. The SMILES string of the molecule is [O]=[Mn][O][Mn](=[O])[O-]. The van der Waals surface area contributed by atoms with E-state index in [1.54, 1.807) is 0 Å². The van der Waals surface area contributed by atoms with Crippen LogP contribution in [-0.2, 0) is 40.3 Å². The van der Waals surface area contributed by atoms with Gasteiger partial charge in [-0.15, -0.1) is 0 Å². The Hall–Kier alpha value is 0.559. The predicted molar refractivity (Wildman–Crippen MR) is 2.46 cm³/mol. The molecule has 0 fully saturated rings. The summed E-state index contributed by atoms with van der Waals surface area (Å²) in [6.07, 6.45) is 0. The second kappa shape index (κ2) is 3.74. The van der Waals surface area contributed by atoms with Crippen molar-refractivity contribution in [1.82, 2.24) is 0 Å². The zero-order valence-electron chi connectivity index (χ0n) is 2.39. The first-order chi connectivity index (χ1) is 2.77. The van der Waals surface area contributed by atoms with Crippen molar-refractivity contribution in [1.29, 1.82) is 0 Å². The second-order valence-corrected chi connectivity index (χ2v) is 2.03. The monoisotopic (exact) mass is 174 g/mol. The maximum atomic E-state index is 9.26. The Kier molecular flexibility index (Phi) is 4.09. The normalized spacial score (nSPS) is 9.67. The van der Waals surface area contributed by atoms with Gasteiger partial charge >= 0.3 is 44.5 Å².